The van der Waals surface area contributed by atoms with Crippen molar-refractivity contribution >= 4 is 17.6 Å². The Morgan fingerprint density at radius 3 is 2.65 bits per heavy atom. The van der Waals surface area contributed by atoms with E-state index in [4.69, 9.17) is 16.7 Å². The number of carbonyl (C=O) groups is 1. The van der Waals surface area contributed by atoms with Crippen LogP contribution in [0.25, 0.3) is 0 Å². The zero-order valence-electron chi connectivity index (χ0n) is 9.36. The van der Waals surface area contributed by atoms with Crippen LogP contribution in [0.2, 0.25) is 5.02 Å². The first-order valence-electron chi connectivity index (χ1n) is 5.33. The van der Waals surface area contributed by atoms with Gasteiger partial charge in [0.1, 0.15) is 5.82 Å². The number of aliphatic hydroxyl groups is 1. The minimum Gasteiger partial charge on any atom is -0.481 e. The molecule has 17 heavy (non-hydrogen) atoms. The largest absolute Gasteiger partial charge is 0.481 e. The van der Waals surface area contributed by atoms with Crippen LogP contribution in [-0.4, -0.2) is 16.2 Å². The summed E-state index contributed by atoms with van der Waals surface area (Å²) < 4.78 is 13.5. The third kappa shape index (κ3) is 3.41. The van der Waals surface area contributed by atoms with Gasteiger partial charge in [0.15, 0.2) is 0 Å². The number of aliphatic carboxylic acids is 1. The molecule has 2 N–H and O–H groups in total. The highest BCUT2D eigenvalue weighted by Gasteiger charge is 2.28. The second-order valence-corrected chi connectivity index (χ2v) is 4.28. The predicted octanol–water partition coefficient (Wildman–Crippen LogP) is 3.01. The van der Waals surface area contributed by atoms with Crippen molar-refractivity contribution in [3.8, 4) is 0 Å². The fourth-order valence-electron chi connectivity index (χ4n) is 1.69. The van der Waals surface area contributed by atoms with Gasteiger partial charge in [-0.3, -0.25) is 4.79 Å². The molecule has 0 aliphatic heterocycles. The van der Waals surface area contributed by atoms with Crippen LogP contribution in [0, 0.1) is 11.7 Å². The van der Waals surface area contributed by atoms with E-state index in [1.807, 2.05) is 0 Å². The minimum absolute atomic E-state index is 0.0322. The Kier molecular flexibility index (Phi) is 4.90. The van der Waals surface area contributed by atoms with E-state index in [1.165, 1.54) is 12.1 Å². The van der Waals surface area contributed by atoms with Gasteiger partial charge in [-0.05, 0) is 18.6 Å². The first-order valence-corrected chi connectivity index (χ1v) is 5.71. The van der Waals surface area contributed by atoms with E-state index >= 15 is 0 Å². The molecule has 0 fully saturated rings. The lowest BCUT2D eigenvalue weighted by Gasteiger charge is -2.19. The van der Waals surface area contributed by atoms with Crippen LogP contribution < -0.4 is 0 Å². The van der Waals surface area contributed by atoms with Gasteiger partial charge in [-0.15, -0.1) is 0 Å². The summed E-state index contributed by atoms with van der Waals surface area (Å²) in [7, 11) is 0. The standard InChI is InChI=1S/C12H14ClFO3/c1-2-3-9(12(16)17)11(15)8-5-4-7(13)6-10(8)14/h4-6,9,11,15H,2-3H2,1H3,(H,16,17). The lowest BCUT2D eigenvalue weighted by Crippen LogP contribution is -2.22. The summed E-state index contributed by atoms with van der Waals surface area (Å²) in [5.74, 6) is -2.82. The first kappa shape index (κ1) is 13.9. The van der Waals surface area contributed by atoms with Crippen molar-refractivity contribution in [1.82, 2.24) is 0 Å². The number of carboxylic acids is 1. The number of halogens is 2. The fourth-order valence-corrected chi connectivity index (χ4v) is 1.84. The molecule has 0 aliphatic rings. The molecule has 0 aliphatic carbocycles. The maximum absolute atomic E-state index is 13.5. The van der Waals surface area contributed by atoms with Gasteiger partial charge in [0.25, 0.3) is 0 Å². The Bertz CT molecular complexity index is 409. The molecule has 1 aromatic carbocycles. The van der Waals surface area contributed by atoms with Crippen molar-refractivity contribution in [1.29, 1.82) is 0 Å². The second-order valence-electron chi connectivity index (χ2n) is 3.84. The van der Waals surface area contributed by atoms with E-state index in [0.29, 0.717) is 12.8 Å². The molecule has 0 aromatic heterocycles. The number of aliphatic hydroxyl groups excluding tert-OH is 1. The Morgan fingerprint density at radius 1 is 1.53 bits per heavy atom. The van der Waals surface area contributed by atoms with E-state index in [1.54, 1.807) is 6.92 Å². The fraction of sp³-hybridized carbons (Fsp3) is 0.417. The molecule has 1 rings (SSSR count). The number of benzene rings is 1. The van der Waals surface area contributed by atoms with E-state index in [9.17, 15) is 14.3 Å². The molecule has 2 atom stereocenters. The van der Waals surface area contributed by atoms with E-state index < -0.39 is 23.8 Å². The van der Waals surface area contributed by atoms with Crippen molar-refractivity contribution in [2.45, 2.75) is 25.9 Å². The molecule has 0 saturated carbocycles. The minimum atomic E-state index is -1.36. The van der Waals surface area contributed by atoms with Crippen LogP contribution in [0.3, 0.4) is 0 Å². The van der Waals surface area contributed by atoms with Crippen LogP contribution in [0.5, 0.6) is 0 Å². The summed E-state index contributed by atoms with van der Waals surface area (Å²) in [6, 6.07) is 3.80. The van der Waals surface area contributed by atoms with Gasteiger partial charge < -0.3 is 10.2 Å². The summed E-state index contributed by atoms with van der Waals surface area (Å²) in [4.78, 5) is 11.0. The van der Waals surface area contributed by atoms with Crippen molar-refractivity contribution < 1.29 is 19.4 Å². The third-order valence-corrected chi connectivity index (χ3v) is 2.81. The van der Waals surface area contributed by atoms with Crippen molar-refractivity contribution in [3.63, 3.8) is 0 Å². The smallest absolute Gasteiger partial charge is 0.309 e. The Balaban J connectivity index is 3.00. The number of hydrogen-bond acceptors (Lipinski definition) is 2. The highest BCUT2D eigenvalue weighted by atomic mass is 35.5. The van der Waals surface area contributed by atoms with E-state index in [2.05, 4.69) is 0 Å². The van der Waals surface area contributed by atoms with Gasteiger partial charge in [-0.25, -0.2) is 4.39 Å². The number of rotatable bonds is 5. The lowest BCUT2D eigenvalue weighted by atomic mass is 9.92. The highest BCUT2D eigenvalue weighted by Crippen LogP contribution is 2.29. The summed E-state index contributed by atoms with van der Waals surface area (Å²) in [5.41, 5.74) is -0.0322. The SMILES string of the molecule is CCCC(C(=O)O)C(O)c1ccc(Cl)cc1F. The summed E-state index contributed by atoms with van der Waals surface area (Å²) in [5, 5.41) is 19.1. The molecule has 0 spiro atoms. The van der Waals surface area contributed by atoms with Crippen LogP contribution in [0.4, 0.5) is 4.39 Å². The van der Waals surface area contributed by atoms with Gasteiger partial charge in [0.05, 0.1) is 12.0 Å². The molecule has 0 amide bonds. The van der Waals surface area contributed by atoms with Crippen molar-refractivity contribution in [2.24, 2.45) is 5.92 Å². The summed E-state index contributed by atoms with van der Waals surface area (Å²) in [6.45, 7) is 1.81. The highest BCUT2D eigenvalue weighted by molar-refractivity contribution is 6.30. The molecule has 0 heterocycles. The Labute approximate surface area is 104 Å². The molecule has 1 aromatic rings. The molecule has 0 bridgehead atoms. The molecule has 5 heteroatoms. The topological polar surface area (TPSA) is 57.5 Å². The maximum Gasteiger partial charge on any atom is 0.309 e. The van der Waals surface area contributed by atoms with Crippen molar-refractivity contribution in [3.05, 3.63) is 34.6 Å². The van der Waals surface area contributed by atoms with E-state index in [0.717, 1.165) is 6.07 Å². The lowest BCUT2D eigenvalue weighted by molar-refractivity contribution is -0.146. The number of carboxylic acid groups (broad SMARTS) is 1. The van der Waals surface area contributed by atoms with Crippen LogP contribution in [-0.2, 0) is 4.79 Å². The summed E-state index contributed by atoms with van der Waals surface area (Å²) in [6.07, 6.45) is -0.466. The first-order chi connectivity index (χ1) is 7.97. The van der Waals surface area contributed by atoms with Gasteiger partial charge >= 0.3 is 5.97 Å². The monoisotopic (exact) mass is 260 g/mol. The number of hydrogen-bond donors (Lipinski definition) is 2. The third-order valence-electron chi connectivity index (χ3n) is 2.58. The van der Waals surface area contributed by atoms with E-state index in [-0.39, 0.29) is 10.6 Å². The van der Waals surface area contributed by atoms with Gasteiger partial charge in [0, 0.05) is 10.6 Å². The molecule has 2 unspecified atom stereocenters. The predicted molar refractivity (Wildman–Crippen MR) is 62.4 cm³/mol. The average Bonchev–Trinajstić information content (AvgIpc) is 2.24. The van der Waals surface area contributed by atoms with Gasteiger partial charge in [-0.2, -0.15) is 0 Å². The van der Waals surface area contributed by atoms with Gasteiger partial charge in [-0.1, -0.05) is 31.0 Å². The Hall–Kier alpha value is -1.13. The second kappa shape index (κ2) is 5.98. The quantitative estimate of drug-likeness (QED) is 0.856. The Morgan fingerprint density at radius 2 is 2.18 bits per heavy atom. The van der Waals surface area contributed by atoms with Gasteiger partial charge in [0.2, 0.25) is 0 Å². The average molecular weight is 261 g/mol. The summed E-state index contributed by atoms with van der Waals surface area (Å²) >= 11 is 5.59. The maximum atomic E-state index is 13.5. The molecule has 94 valence electrons. The molecular weight excluding hydrogens is 247 g/mol. The molecule has 0 radical (unpaired) electrons. The normalized spacial score (nSPS) is 14.4. The van der Waals surface area contributed by atoms with Crippen molar-refractivity contribution in [2.75, 3.05) is 0 Å². The zero-order valence-corrected chi connectivity index (χ0v) is 10.1. The molecule has 3 nitrogen and oxygen atoms in total. The van der Waals surface area contributed by atoms with Crippen LogP contribution in [0.1, 0.15) is 31.4 Å². The zero-order chi connectivity index (χ0) is 13.0. The molecule has 0 saturated heterocycles. The molecular formula is C12H14ClFO3. The van der Waals surface area contributed by atoms with Crippen LogP contribution >= 0.6 is 11.6 Å². The van der Waals surface area contributed by atoms with Crippen LogP contribution in [0.15, 0.2) is 18.2 Å².